The number of amides is 3. The molecule has 1 unspecified atom stereocenters. The number of carbonyl (C=O) groups excluding carboxylic acids is 6. The van der Waals surface area contributed by atoms with Crippen LogP contribution in [-0.2, 0) is 53.2 Å². The number of benzene rings is 3. The molecule has 82 heavy (non-hydrogen) atoms. The van der Waals surface area contributed by atoms with Gasteiger partial charge in [-0.3, -0.25) is 14.4 Å². The molecule has 7 rings (SSSR count). The Balaban J connectivity index is -0.000000182. The van der Waals surface area contributed by atoms with Crippen LogP contribution in [0.1, 0.15) is 144 Å². The molecule has 0 aliphatic carbocycles. The smallest absolute Gasteiger partial charge is 1.00 e. The van der Waals surface area contributed by atoms with Crippen molar-refractivity contribution >= 4 is 44.2 Å². The summed E-state index contributed by atoms with van der Waals surface area (Å²) in [7, 11) is 2.00. The van der Waals surface area contributed by atoms with Crippen LogP contribution in [0, 0.1) is 5.92 Å². The second-order valence-electron chi connectivity index (χ2n) is 18.1. The van der Waals surface area contributed by atoms with Gasteiger partial charge in [0, 0.05) is 81.2 Å². The summed E-state index contributed by atoms with van der Waals surface area (Å²) < 4.78 is 20.9. The van der Waals surface area contributed by atoms with Gasteiger partial charge in [0.25, 0.3) is 0 Å². The molecule has 0 bridgehead atoms. The first kappa shape index (κ1) is 89.9. The van der Waals surface area contributed by atoms with Gasteiger partial charge in [0.2, 0.25) is 0 Å². The van der Waals surface area contributed by atoms with Crippen molar-refractivity contribution in [1.82, 2.24) is 20.0 Å². The third-order valence-electron chi connectivity index (χ3n) is 12.4. The number of ketones is 2. The largest absolute Gasteiger partial charge is 1.00 e. The summed E-state index contributed by atoms with van der Waals surface area (Å²) in [4.78, 5) is 76.3. The van der Waals surface area contributed by atoms with Crippen LogP contribution in [0.5, 0.6) is 0 Å². The Labute approximate surface area is 559 Å². The summed E-state index contributed by atoms with van der Waals surface area (Å²) in [6, 6.07) is 28.8. The van der Waals surface area contributed by atoms with E-state index in [-0.39, 0.29) is 175 Å². The first-order valence-electron chi connectivity index (χ1n) is 26.6. The van der Waals surface area contributed by atoms with Gasteiger partial charge in [-0.05, 0) is 114 Å². The minimum absolute atomic E-state index is 0. The molecule has 4 heterocycles. The molecule has 3 aromatic rings. The molecule has 3 aromatic carbocycles. The summed E-state index contributed by atoms with van der Waals surface area (Å²) in [6.07, 6.45) is 9.92. The molecule has 1 atom stereocenters. The predicted molar refractivity (Wildman–Crippen MR) is 314 cm³/mol. The van der Waals surface area contributed by atoms with E-state index in [1.807, 2.05) is 91.0 Å². The molecule has 19 nitrogen and oxygen atoms in total. The number of aliphatic hydroxyl groups is 4. The number of ether oxygens (including phenoxy) is 4. The number of esters is 1. The van der Waals surface area contributed by atoms with E-state index in [2.05, 4.69) is 5.32 Å². The second-order valence-corrected chi connectivity index (χ2v) is 18.1. The number of Topliss-reactive ketones (excluding diaryl/α,β-unsaturated/α-hetero) is 2. The van der Waals surface area contributed by atoms with Crippen molar-refractivity contribution in [1.29, 1.82) is 0 Å². The van der Waals surface area contributed by atoms with Crippen LogP contribution < -0.4 is 86.3 Å². The van der Waals surface area contributed by atoms with Crippen molar-refractivity contribution in [3.05, 3.63) is 108 Å². The van der Waals surface area contributed by atoms with E-state index < -0.39 is 18.0 Å². The summed E-state index contributed by atoms with van der Waals surface area (Å²) in [5, 5.41) is 36.0. The maximum atomic E-state index is 12.2. The average molecular weight is 1190 g/mol. The van der Waals surface area contributed by atoms with E-state index in [1.54, 1.807) is 21.6 Å². The Morgan fingerprint density at radius 3 is 1.18 bits per heavy atom. The molecular formula is C60H100BKN4NaO15. The number of hydrogen-bond donors (Lipinski definition) is 5. The van der Waals surface area contributed by atoms with Crippen LogP contribution in [0.25, 0.3) is 0 Å². The number of carbonyl (C=O) groups is 6. The van der Waals surface area contributed by atoms with E-state index in [0.717, 1.165) is 108 Å². The zero-order chi connectivity index (χ0) is 54.9. The number of likely N-dealkylation sites (tertiary alicyclic amines) is 3. The second kappa shape index (κ2) is 58.1. The van der Waals surface area contributed by atoms with Crippen LogP contribution in [0.3, 0.4) is 0 Å². The molecule has 4 aliphatic heterocycles. The molecule has 0 saturated carbocycles. The van der Waals surface area contributed by atoms with Crippen LogP contribution in [0.15, 0.2) is 91.0 Å². The molecule has 0 aromatic heterocycles. The van der Waals surface area contributed by atoms with E-state index in [4.69, 9.17) is 29.2 Å². The van der Waals surface area contributed by atoms with Gasteiger partial charge in [-0.1, -0.05) is 113 Å². The first-order chi connectivity index (χ1) is 36.5. The SMILES string of the molecule is C.C.C.CCOC(=O)C1CCN(C(=O)OCc2ccccc2)CCCC1=O.CO.CO.O=C(OCc1ccccc1)N1CCCC(O)CCC1.O=C1CCCN(C(=O)OCc2ccccc2)CCC1.OC1CCCNCCC1.[B].[H-].[K+].[Na+].[OH-]. The Morgan fingerprint density at radius 2 is 0.829 bits per heavy atom. The average Bonchev–Trinajstić information content (AvgIpc) is 3.41. The minimum Gasteiger partial charge on any atom is -1.00 e. The van der Waals surface area contributed by atoms with Crippen LogP contribution in [0.4, 0.5) is 14.4 Å². The zero-order valence-electron chi connectivity index (χ0n) is 48.7. The molecule has 4 saturated heterocycles. The Kier molecular flexibility index (Phi) is 63.8. The van der Waals surface area contributed by atoms with Gasteiger partial charge in [0.05, 0.1) is 18.8 Å². The molecule has 0 spiro atoms. The molecular weight excluding hydrogens is 1090 g/mol. The van der Waals surface area contributed by atoms with Crippen molar-refractivity contribution in [2.45, 2.75) is 158 Å². The summed E-state index contributed by atoms with van der Waals surface area (Å²) >= 11 is 0. The minimum atomic E-state index is -0.783. The molecule has 3 radical (unpaired) electrons. The molecule has 455 valence electrons. The molecule has 6 N–H and O–H groups in total. The van der Waals surface area contributed by atoms with Crippen LogP contribution in [0.2, 0.25) is 0 Å². The fraction of sp³-hybridized carbons (Fsp3) is 0.600. The quantitative estimate of drug-likeness (QED) is 0.0939. The van der Waals surface area contributed by atoms with Crippen LogP contribution in [-0.4, -0.2) is 170 Å². The van der Waals surface area contributed by atoms with Gasteiger partial charge in [0.15, 0.2) is 0 Å². The zero-order valence-corrected chi connectivity index (χ0v) is 52.8. The maximum absolute atomic E-state index is 12.2. The number of nitrogens with zero attached hydrogens (tertiary/aromatic N) is 3. The topological polar surface area (TPSA) is 272 Å². The Hall–Kier alpha value is -3.26. The Morgan fingerprint density at radius 1 is 0.512 bits per heavy atom. The molecule has 3 amide bonds. The van der Waals surface area contributed by atoms with E-state index in [1.165, 1.54) is 0 Å². The molecule has 4 aliphatic rings. The normalized spacial score (nSPS) is 16.2. The standard InChI is InChI=1S/C18H23NO5.C15H21NO3.C15H19NO3.C7H15NO.2CH4O.3CH4.B.K.Na.H2O.H/c1-2-23-17(21)15-10-12-19(11-6-9-16(15)20)18(22)24-13-14-7-4-3-5-8-14;2*17-14-8-4-10-16(11-5-9-14)15(18)19-12-13-6-2-1-3-7-13;9-7-3-1-5-8-6-2-4-7;2*1-2;;;;;;;;/h3-5,7-8,15H,2,6,9-13H2,1H3;1-3,6-7,14,17H,4-5,8-12H2;1-3,6-7H,4-5,8-12H2;7-9H,1-6H2;2*2H,1H3;3*1H4;;;;1H2;/q;;;;;;;;;;2*+1;;-1/p-1. The Bertz CT molecular complexity index is 2000. The third-order valence-corrected chi connectivity index (χ3v) is 12.4. The number of hydrogen-bond acceptors (Lipinski definition) is 16. The van der Waals surface area contributed by atoms with Crippen molar-refractivity contribution in [3.8, 4) is 0 Å². The number of nitrogens with one attached hydrogen (secondary N) is 1. The van der Waals surface area contributed by atoms with E-state index >= 15 is 0 Å². The summed E-state index contributed by atoms with van der Waals surface area (Å²) in [5.74, 6) is -1.08. The molecule has 22 heteroatoms. The van der Waals surface area contributed by atoms with Gasteiger partial charge in [-0.15, -0.1) is 0 Å². The van der Waals surface area contributed by atoms with Crippen molar-refractivity contribution in [2.24, 2.45) is 5.92 Å². The predicted octanol–water partition coefficient (Wildman–Crippen LogP) is 3.09. The van der Waals surface area contributed by atoms with Gasteiger partial charge < -0.3 is 66.3 Å². The molecule has 4 fully saturated rings. The fourth-order valence-electron chi connectivity index (χ4n) is 8.31. The van der Waals surface area contributed by atoms with Crippen molar-refractivity contribution in [2.75, 3.05) is 73.2 Å². The van der Waals surface area contributed by atoms with E-state index in [0.29, 0.717) is 77.5 Å². The number of rotatable bonds is 8. The van der Waals surface area contributed by atoms with Gasteiger partial charge in [-0.25, -0.2) is 14.4 Å². The van der Waals surface area contributed by atoms with Gasteiger partial charge in [0.1, 0.15) is 37.3 Å². The summed E-state index contributed by atoms with van der Waals surface area (Å²) in [5.41, 5.74) is 2.90. The van der Waals surface area contributed by atoms with Gasteiger partial charge >= 0.3 is 105 Å². The first-order valence-corrected chi connectivity index (χ1v) is 26.6. The number of aliphatic hydroxyl groups excluding tert-OH is 4. The third kappa shape index (κ3) is 40.9. The van der Waals surface area contributed by atoms with Crippen LogP contribution >= 0.6 is 0 Å². The van der Waals surface area contributed by atoms with Gasteiger partial charge in [-0.2, -0.15) is 0 Å². The monoisotopic (exact) mass is 1190 g/mol. The van der Waals surface area contributed by atoms with Crippen molar-refractivity contribution < 1.29 is 156 Å². The van der Waals surface area contributed by atoms with Crippen molar-refractivity contribution in [3.63, 3.8) is 0 Å². The maximum Gasteiger partial charge on any atom is 1.00 e. The summed E-state index contributed by atoms with van der Waals surface area (Å²) in [6.45, 7) is 8.26. The van der Waals surface area contributed by atoms with E-state index in [9.17, 15) is 39.0 Å². The fourth-order valence-corrected chi connectivity index (χ4v) is 8.31.